The van der Waals surface area contributed by atoms with Crippen molar-refractivity contribution in [3.8, 4) is 0 Å². The van der Waals surface area contributed by atoms with Gasteiger partial charge in [0.2, 0.25) is 0 Å². The molecule has 0 aromatic rings. The zero-order valence-corrected chi connectivity index (χ0v) is 6.94. The van der Waals surface area contributed by atoms with Crippen LogP contribution < -0.4 is 5.73 Å². The average molecular weight is 166 g/mol. The van der Waals surface area contributed by atoms with Gasteiger partial charge in [0, 0.05) is 6.54 Å². The second-order valence-electron chi connectivity index (χ2n) is 2.12. The molecule has 0 aliphatic carbocycles. The Bertz CT molecular complexity index is 125. The molecule has 0 amide bonds. The van der Waals surface area contributed by atoms with Gasteiger partial charge < -0.3 is 10.5 Å². The van der Waals surface area contributed by atoms with Crippen LogP contribution in [0.4, 0.5) is 0 Å². The van der Waals surface area contributed by atoms with Crippen molar-refractivity contribution in [3.05, 3.63) is 0 Å². The molecule has 0 radical (unpaired) electrons. The van der Waals surface area contributed by atoms with Crippen LogP contribution >= 0.6 is 11.6 Å². The van der Waals surface area contributed by atoms with E-state index < -0.39 is 10.8 Å². The zero-order valence-electron chi connectivity index (χ0n) is 6.19. The highest BCUT2D eigenvalue weighted by molar-refractivity contribution is 6.33. The maximum absolute atomic E-state index is 10.9. The molecule has 0 rings (SSSR count). The first-order valence-corrected chi connectivity index (χ1v) is 3.48. The fraction of sp³-hybridized carbons (Fsp3) is 0.833. The molecule has 0 saturated heterocycles. The molecule has 10 heavy (non-hydrogen) atoms. The van der Waals surface area contributed by atoms with E-state index in [9.17, 15) is 4.79 Å². The summed E-state index contributed by atoms with van der Waals surface area (Å²) in [7, 11) is 0. The number of hydrogen-bond acceptors (Lipinski definition) is 3. The molecule has 0 fully saturated rings. The second-order valence-corrected chi connectivity index (χ2v) is 2.96. The molecule has 0 saturated carbocycles. The molecular weight excluding hydrogens is 154 g/mol. The van der Waals surface area contributed by atoms with Crippen molar-refractivity contribution in [1.82, 2.24) is 0 Å². The summed E-state index contributed by atoms with van der Waals surface area (Å²) in [5.74, 6) is -0.459. The lowest BCUT2D eigenvalue weighted by atomic mass is 10.2. The smallest absolute Gasteiger partial charge is 0.328 e. The lowest BCUT2D eigenvalue weighted by Gasteiger charge is -2.16. The molecule has 0 aliphatic rings. The summed E-state index contributed by atoms with van der Waals surface area (Å²) in [5.41, 5.74) is 5.20. The van der Waals surface area contributed by atoms with Crippen molar-refractivity contribution in [3.63, 3.8) is 0 Å². The van der Waals surface area contributed by atoms with Crippen molar-refractivity contribution in [2.75, 3.05) is 13.2 Å². The molecule has 0 aromatic heterocycles. The molecule has 0 aliphatic heterocycles. The minimum absolute atomic E-state index is 0.0907. The van der Waals surface area contributed by atoms with Crippen molar-refractivity contribution >= 4 is 17.6 Å². The van der Waals surface area contributed by atoms with Gasteiger partial charge in [0.05, 0.1) is 6.61 Å². The highest BCUT2D eigenvalue weighted by Gasteiger charge is 2.30. The third kappa shape index (κ3) is 2.54. The van der Waals surface area contributed by atoms with Crippen LogP contribution in [0.3, 0.4) is 0 Å². The van der Waals surface area contributed by atoms with Crippen molar-refractivity contribution in [1.29, 1.82) is 0 Å². The van der Waals surface area contributed by atoms with E-state index >= 15 is 0 Å². The topological polar surface area (TPSA) is 52.3 Å². The first kappa shape index (κ1) is 9.72. The Labute approximate surface area is 65.5 Å². The number of esters is 1. The molecule has 2 N–H and O–H groups in total. The largest absolute Gasteiger partial charge is 0.465 e. The van der Waals surface area contributed by atoms with Crippen molar-refractivity contribution in [2.45, 2.75) is 18.7 Å². The van der Waals surface area contributed by atoms with E-state index in [1.807, 2.05) is 0 Å². The van der Waals surface area contributed by atoms with E-state index in [-0.39, 0.29) is 6.54 Å². The van der Waals surface area contributed by atoms with E-state index in [1.54, 1.807) is 6.92 Å². The summed E-state index contributed by atoms with van der Waals surface area (Å²) in [5, 5.41) is 0. The molecule has 1 unspecified atom stereocenters. The van der Waals surface area contributed by atoms with Crippen LogP contribution in [0.2, 0.25) is 0 Å². The number of alkyl halides is 1. The van der Waals surface area contributed by atoms with Crippen LogP contribution in [0.1, 0.15) is 13.8 Å². The Kier molecular flexibility index (Phi) is 3.68. The monoisotopic (exact) mass is 165 g/mol. The normalized spacial score (nSPS) is 16.0. The summed E-state index contributed by atoms with van der Waals surface area (Å²) in [4.78, 5) is 9.80. The summed E-state index contributed by atoms with van der Waals surface area (Å²) < 4.78 is 4.65. The fourth-order valence-electron chi connectivity index (χ4n) is 0.365. The fourth-order valence-corrected chi connectivity index (χ4v) is 0.419. The predicted molar refractivity (Wildman–Crippen MR) is 39.9 cm³/mol. The summed E-state index contributed by atoms with van der Waals surface area (Å²) in [6.45, 7) is 3.68. The minimum atomic E-state index is -1.06. The Balaban J connectivity index is 3.91. The number of carbonyl (C=O) groups is 1. The van der Waals surface area contributed by atoms with Gasteiger partial charge in [-0.25, -0.2) is 0 Å². The van der Waals surface area contributed by atoms with E-state index in [4.69, 9.17) is 17.3 Å². The Morgan fingerprint density at radius 3 is 2.60 bits per heavy atom. The number of ether oxygens (including phenoxy) is 1. The Morgan fingerprint density at radius 2 is 2.30 bits per heavy atom. The van der Waals surface area contributed by atoms with Crippen LogP contribution in [-0.4, -0.2) is 24.0 Å². The van der Waals surface area contributed by atoms with Crippen LogP contribution in [0.15, 0.2) is 0 Å². The average Bonchev–Trinajstić information content (AvgIpc) is 1.89. The molecule has 1 atom stereocenters. The van der Waals surface area contributed by atoms with Gasteiger partial charge in [-0.15, -0.1) is 11.6 Å². The second kappa shape index (κ2) is 3.78. The number of carbonyl (C=O) groups excluding carboxylic acids is 1. The first-order chi connectivity index (χ1) is 4.54. The van der Waals surface area contributed by atoms with Crippen LogP contribution in [0.25, 0.3) is 0 Å². The van der Waals surface area contributed by atoms with Gasteiger partial charge in [-0.1, -0.05) is 0 Å². The highest BCUT2D eigenvalue weighted by atomic mass is 35.5. The first-order valence-electron chi connectivity index (χ1n) is 3.10. The molecule has 0 heterocycles. The molecule has 60 valence electrons. The van der Waals surface area contributed by atoms with Crippen LogP contribution in [0.5, 0.6) is 0 Å². The van der Waals surface area contributed by atoms with E-state index in [2.05, 4.69) is 4.74 Å². The standard InChI is InChI=1S/C6H12ClNO2/c1-3-10-5(9)6(2,7)4-8/h3-4,8H2,1-2H3. The Morgan fingerprint density at radius 1 is 1.80 bits per heavy atom. The van der Waals surface area contributed by atoms with Crippen molar-refractivity contribution in [2.24, 2.45) is 5.73 Å². The highest BCUT2D eigenvalue weighted by Crippen LogP contribution is 2.13. The van der Waals surface area contributed by atoms with Gasteiger partial charge in [0.25, 0.3) is 0 Å². The molecule has 4 heteroatoms. The maximum Gasteiger partial charge on any atom is 0.328 e. The summed E-state index contributed by atoms with van der Waals surface area (Å²) >= 11 is 5.65. The van der Waals surface area contributed by atoms with Gasteiger partial charge in [-0.05, 0) is 13.8 Å². The third-order valence-electron chi connectivity index (χ3n) is 1.08. The lowest BCUT2D eigenvalue weighted by Crippen LogP contribution is -2.38. The van der Waals surface area contributed by atoms with E-state index in [1.165, 1.54) is 6.92 Å². The number of hydrogen-bond donors (Lipinski definition) is 1. The third-order valence-corrected chi connectivity index (χ3v) is 1.39. The van der Waals surface area contributed by atoms with E-state index in [0.717, 1.165) is 0 Å². The molecular formula is C6H12ClNO2. The number of halogens is 1. The summed E-state index contributed by atoms with van der Waals surface area (Å²) in [6.07, 6.45) is 0. The summed E-state index contributed by atoms with van der Waals surface area (Å²) in [6, 6.07) is 0. The van der Waals surface area contributed by atoms with Gasteiger partial charge in [-0.2, -0.15) is 0 Å². The number of rotatable bonds is 3. The Hall–Kier alpha value is -0.280. The van der Waals surface area contributed by atoms with E-state index in [0.29, 0.717) is 6.61 Å². The van der Waals surface area contributed by atoms with Gasteiger partial charge in [0.15, 0.2) is 4.87 Å². The lowest BCUT2D eigenvalue weighted by molar-refractivity contribution is -0.145. The quantitative estimate of drug-likeness (QED) is 0.490. The molecule has 0 spiro atoms. The van der Waals surface area contributed by atoms with Gasteiger partial charge in [0.1, 0.15) is 0 Å². The number of nitrogens with two attached hydrogens (primary N) is 1. The predicted octanol–water partition coefficient (Wildman–Crippen LogP) is 0.506. The van der Waals surface area contributed by atoms with Gasteiger partial charge in [-0.3, -0.25) is 4.79 Å². The minimum Gasteiger partial charge on any atom is -0.465 e. The van der Waals surface area contributed by atoms with Crippen LogP contribution in [0, 0.1) is 0 Å². The van der Waals surface area contributed by atoms with Gasteiger partial charge >= 0.3 is 5.97 Å². The SMILES string of the molecule is CCOC(=O)C(C)(Cl)CN. The van der Waals surface area contributed by atoms with Crippen LogP contribution in [-0.2, 0) is 9.53 Å². The molecule has 0 aromatic carbocycles. The maximum atomic E-state index is 10.9. The molecule has 3 nitrogen and oxygen atoms in total. The van der Waals surface area contributed by atoms with Crippen molar-refractivity contribution < 1.29 is 9.53 Å². The zero-order chi connectivity index (χ0) is 8.20. The molecule has 0 bridgehead atoms.